The predicted octanol–water partition coefficient (Wildman–Crippen LogP) is 2.30. The fourth-order valence-electron chi connectivity index (χ4n) is 7.55. The van der Waals surface area contributed by atoms with Crippen molar-refractivity contribution >= 4 is 47.5 Å². The third-order valence-corrected chi connectivity index (χ3v) is 10.7. The molecule has 3 aromatic carbocycles. The molecule has 3 aromatic rings. The van der Waals surface area contributed by atoms with Gasteiger partial charge in [0.25, 0.3) is 17.7 Å². The summed E-state index contributed by atoms with van der Waals surface area (Å²) in [7, 11) is 0. The number of carbonyl (C=O) groups excluding carboxylic acids is 7. The van der Waals surface area contributed by atoms with Gasteiger partial charge < -0.3 is 44.7 Å². The zero-order chi connectivity index (χ0) is 45.4. The molecule has 3 aliphatic rings. The number of hydrogen-bond acceptors (Lipinski definition) is 13. The van der Waals surface area contributed by atoms with E-state index in [9.17, 15) is 43.5 Å². The summed E-state index contributed by atoms with van der Waals surface area (Å²) in [6, 6.07) is 17.8. The van der Waals surface area contributed by atoms with Gasteiger partial charge in [0.05, 0.1) is 37.6 Å². The highest BCUT2D eigenvalue weighted by Gasteiger charge is 2.46. The first kappa shape index (κ1) is 46.8. The van der Waals surface area contributed by atoms with E-state index >= 15 is 0 Å². The van der Waals surface area contributed by atoms with Gasteiger partial charge in [-0.2, -0.15) is 0 Å². The number of piperidine rings is 1. The number of fused-ring (bicyclic) bond motifs is 4. The van der Waals surface area contributed by atoms with Crippen LogP contribution in [0.1, 0.15) is 76.3 Å². The van der Waals surface area contributed by atoms with Crippen LogP contribution in [0.5, 0.6) is 5.75 Å². The fourth-order valence-corrected chi connectivity index (χ4v) is 7.55. The first-order valence-corrected chi connectivity index (χ1v) is 21.1. The van der Waals surface area contributed by atoms with E-state index < -0.39 is 60.3 Å². The molecule has 5 N–H and O–H groups in total. The van der Waals surface area contributed by atoms with E-state index in [4.69, 9.17) is 23.7 Å². The van der Waals surface area contributed by atoms with E-state index in [-0.39, 0.29) is 61.0 Å². The van der Waals surface area contributed by atoms with E-state index in [0.717, 1.165) is 27.2 Å². The van der Waals surface area contributed by atoms with Crippen LogP contribution in [-0.4, -0.2) is 136 Å². The molecular formula is C45H51N5O14. The van der Waals surface area contributed by atoms with Crippen LogP contribution in [-0.2, 0) is 42.9 Å². The second kappa shape index (κ2) is 23.1. The highest BCUT2D eigenvalue weighted by atomic mass is 16.6. The summed E-state index contributed by atoms with van der Waals surface area (Å²) >= 11 is 0. The van der Waals surface area contributed by atoms with Gasteiger partial charge in [-0.3, -0.25) is 39.0 Å². The monoisotopic (exact) mass is 885 g/mol. The Balaban J connectivity index is 0.734. The molecule has 0 radical (unpaired) electrons. The average molecular weight is 886 g/mol. The number of nitrogens with zero attached hydrogens (tertiary/aromatic N) is 1. The fraction of sp³-hybridized carbons (Fsp3) is 0.422. The van der Waals surface area contributed by atoms with Gasteiger partial charge in [-0.1, -0.05) is 54.6 Å². The van der Waals surface area contributed by atoms with Crippen molar-refractivity contribution < 1.29 is 67.1 Å². The maximum absolute atomic E-state index is 13.2. The van der Waals surface area contributed by atoms with Crippen LogP contribution < -0.4 is 26.0 Å². The second-order valence-corrected chi connectivity index (χ2v) is 15.1. The lowest BCUT2D eigenvalue weighted by molar-refractivity contribution is -0.140. The van der Waals surface area contributed by atoms with Crippen molar-refractivity contribution in [2.75, 3.05) is 65.9 Å². The Morgan fingerprint density at radius 1 is 0.734 bits per heavy atom. The molecule has 0 spiro atoms. The molecule has 0 bridgehead atoms. The molecule has 1 unspecified atom stereocenters. The Morgan fingerprint density at radius 3 is 1.95 bits per heavy atom. The maximum atomic E-state index is 13.2. The third kappa shape index (κ3) is 12.3. The molecule has 2 heterocycles. The van der Waals surface area contributed by atoms with Crippen molar-refractivity contribution in [2.45, 2.75) is 56.5 Å². The van der Waals surface area contributed by atoms with Crippen molar-refractivity contribution in [1.29, 1.82) is 0 Å². The predicted molar refractivity (Wildman–Crippen MR) is 225 cm³/mol. The van der Waals surface area contributed by atoms with Crippen molar-refractivity contribution in [3.05, 3.63) is 89.0 Å². The number of alkyl carbamates (subject to hydrolysis) is 1. The standard InChI is InChI=1S/C45H51N5O14/c51-37(16-14-34(44(57)58)48-45(59)64-26-33-30-10-3-1-8-28(30)29-9-2-4-11-31(29)33)46-18-6-20-60-22-24-62-25-23-61-21-7-19-47-39(53)27-63-36-13-5-12-32-40(36)43(56)50(42(32)55)35-15-17-38(52)49-41(35)54/h1-5,8-13,33-35H,6-7,14-27H2,(H,46,51)(H,47,53)(H,48,59)(H,57,58)(H,49,52,54)/t34-,35?/m0/s1. The number of nitrogens with one attached hydrogen (secondary N) is 4. The van der Waals surface area contributed by atoms with Crippen molar-refractivity contribution in [1.82, 2.24) is 26.2 Å². The van der Waals surface area contributed by atoms with E-state index in [0.29, 0.717) is 65.6 Å². The number of carboxylic acids is 1. The third-order valence-electron chi connectivity index (χ3n) is 10.7. The van der Waals surface area contributed by atoms with Crippen LogP contribution in [0, 0.1) is 0 Å². The van der Waals surface area contributed by atoms with Gasteiger partial charge in [0.15, 0.2) is 6.61 Å². The molecule has 0 saturated carbocycles. The first-order valence-electron chi connectivity index (χ1n) is 21.1. The molecule has 2 atom stereocenters. The minimum Gasteiger partial charge on any atom is -0.483 e. The maximum Gasteiger partial charge on any atom is 0.407 e. The number of carboxylic acid groups (broad SMARTS) is 1. The topological polar surface area (TPSA) is 254 Å². The lowest BCUT2D eigenvalue weighted by atomic mass is 9.98. The average Bonchev–Trinajstić information content (AvgIpc) is 3.74. The molecule has 1 fully saturated rings. The van der Waals surface area contributed by atoms with E-state index in [1.807, 2.05) is 48.5 Å². The van der Waals surface area contributed by atoms with Gasteiger partial charge in [-0.15, -0.1) is 0 Å². The smallest absolute Gasteiger partial charge is 0.407 e. The molecule has 1 aliphatic carbocycles. The first-order chi connectivity index (χ1) is 31.0. The molecule has 1 saturated heterocycles. The van der Waals surface area contributed by atoms with Gasteiger partial charge in [-0.05, 0) is 60.1 Å². The summed E-state index contributed by atoms with van der Waals surface area (Å²) in [5.74, 6) is -4.81. The number of carbonyl (C=O) groups is 8. The molecular weight excluding hydrogens is 835 g/mol. The Hall–Kier alpha value is -6.70. The summed E-state index contributed by atoms with van der Waals surface area (Å²) in [5, 5.41) is 19.6. The van der Waals surface area contributed by atoms with E-state index in [1.54, 1.807) is 0 Å². The summed E-state index contributed by atoms with van der Waals surface area (Å²) in [6.07, 6.45) is -0.0294. The zero-order valence-electron chi connectivity index (χ0n) is 35.1. The van der Waals surface area contributed by atoms with Crippen LogP contribution >= 0.6 is 0 Å². The number of amides is 7. The molecule has 340 valence electrons. The second-order valence-electron chi connectivity index (χ2n) is 15.1. The number of aliphatic carboxylic acids is 1. The highest BCUT2D eigenvalue weighted by Crippen LogP contribution is 2.44. The summed E-state index contributed by atoms with van der Waals surface area (Å²) in [5.41, 5.74) is 4.23. The number of ether oxygens (including phenoxy) is 5. The van der Waals surface area contributed by atoms with Gasteiger partial charge in [-0.25, -0.2) is 9.59 Å². The Labute approximate surface area is 368 Å². The molecule has 19 heteroatoms. The molecule has 2 aliphatic heterocycles. The van der Waals surface area contributed by atoms with Crippen LogP contribution in [0.4, 0.5) is 4.79 Å². The quantitative estimate of drug-likeness (QED) is 0.0605. The van der Waals surface area contributed by atoms with Crippen molar-refractivity contribution in [2.24, 2.45) is 0 Å². The van der Waals surface area contributed by atoms with Gasteiger partial charge in [0.1, 0.15) is 24.4 Å². The molecule has 6 rings (SSSR count). The van der Waals surface area contributed by atoms with Gasteiger partial charge in [0.2, 0.25) is 17.7 Å². The lowest BCUT2D eigenvalue weighted by Crippen LogP contribution is -2.54. The SMILES string of the molecule is O=C(CC[C@H](NC(=O)OCC1c2ccccc2-c2ccccc21)C(=O)O)NCCCOCCOCCOCCCNC(=O)COc1cccc2c1C(=O)N(C1CCC(=O)NC1=O)C2=O. The lowest BCUT2D eigenvalue weighted by Gasteiger charge is -2.27. The zero-order valence-corrected chi connectivity index (χ0v) is 35.1. The Bertz CT molecular complexity index is 2170. The van der Waals surface area contributed by atoms with Crippen LogP contribution in [0.15, 0.2) is 66.7 Å². The number of benzene rings is 3. The van der Waals surface area contributed by atoms with Crippen molar-refractivity contribution in [3.8, 4) is 16.9 Å². The number of hydrogen-bond donors (Lipinski definition) is 5. The van der Waals surface area contributed by atoms with Crippen LogP contribution in [0.3, 0.4) is 0 Å². The highest BCUT2D eigenvalue weighted by molar-refractivity contribution is 6.24. The summed E-state index contributed by atoms with van der Waals surface area (Å²) in [4.78, 5) is 99.9. The number of rotatable bonds is 25. The van der Waals surface area contributed by atoms with Crippen LogP contribution in [0.2, 0.25) is 0 Å². The summed E-state index contributed by atoms with van der Waals surface area (Å²) in [6.45, 7) is 2.30. The molecule has 19 nitrogen and oxygen atoms in total. The molecule has 0 aromatic heterocycles. The van der Waals surface area contributed by atoms with Crippen LogP contribution in [0.25, 0.3) is 11.1 Å². The minimum absolute atomic E-state index is 0.00235. The number of imide groups is 2. The summed E-state index contributed by atoms with van der Waals surface area (Å²) < 4.78 is 27.6. The van der Waals surface area contributed by atoms with E-state index in [1.165, 1.54) is 18.2 Å². The van der Waals surface area contributed by atoms with Crippen molar-refractivity contribution in [3.63, 3.8) is 0 Å². The van der Waals surface area contributed by atoms with Gasteiger partial charge >= 0.3 is 12.1 Å². The Kier molecular flexibility index (Phi) is 16.9. The molecule has 64 heavy (non-hydrogen) atoms. The van der Waals surface area contributed by atoms with E-state index in [2.05, 4.69) is 21.3 Å². The molecule has 7 amide bonds. The largest absolute Gasteiger partial charge is 0.483 e. The Morgan fingerprint density at radius 2 is 1.33 bits per heavy atom. The normalized spacial score (nSPS) is 15.8. The minimum atomic E-state index is -1.30. The van der Waals surface area contributed by atoms with Gasteiger partial charge in [0, 0.05) is 45.1 Å².